The molecule has 1 aromatic rings. The first-order valence-corrected chi connectivity index (χ1v) is 9.35. The molecule has 7 nitrogen and oxygen atoms in total. The lowest BCUT2D eigenvalue weighted by Gasteiger charge is -2.32. The van der Waals surface area contributed by atoms with Crippen LogP contribution >= 0.6 is 0 Å². The predicted molar refractivity (Wildman–Crippen MR) is 96.5 cm³/mol. The van der Waals surface area contributed by atoms with Gasteiger partial charge in [-0.15, -0.1) is 0 Å². The molecular formula is C18H31N5O2. The Hall–Kier alpha value is -1.44. The first-order chi connectivity index (χ1) is 12.1. The summed E-state index contributed by atoms with van der Waals surface area (Å²) < 4.78 is 6.68. The maximum absolute atomic E-state index is 11.4. The van der Waals surface area contributed by atoms with Gasteiger partial charge in [-0.2, -0.15) is 5.10 Å². The number of ether oxygens (including phenoxy) is 1. The SMILES string of the molecule is COC(=O)CCn1nc(C)c(CN2CCC(N3CCNCC3)C2)c1C. The molecule has 1 atom stereocenters. The van der Waals surface area contributed by atoms with Crippen LogP contribution in [0.15, 0.2) is 0 Å². The summed E-state index contributed by atoms with van der Waals surface area (Å²) in [6, 6.07) is 0.692. The van der Waals surface area contributed by atoms with E-state index >= 15 is 0 Å². The van der Waals surface area contributed by atoms with Gasteiger partial charge in [-0.25, -0.2) is 0 Å². The van der Waals surface area contributed by atoms with Crippen LogP contribution in [0, 0.1) is 13.8 Å². The molecule has 2 saturated heterocycles. The smallest absolute Gasteiger partial charge is 0.307 e. The lowest BCUT2D eigenvalue weighted by Crippen LogP contribution is -2.49. The summed E-state index contributed by atoms with van der Waals surface area (Å²) in [5.74, 6) is -0.187. The summed E-state index contributed by atoms with van der Waals surface area (Å²) in [5, 5.41) is 8.06. The van der Waals surface area contributed by atoms with Crippen LogP contribution in [0.3, 0.4) is 0 Å². The Morgan fingerprint density at radius 2 is 2.04 bits per heavy atom. The molecule has 0 radical (unpaired) electrons. The van der Waals surface area contributed by atoms with Crippen LogP contribution < -0.4 is 5.32 Å². The number of methoxy groups -OCH3 is 1. The number of piperazine rings is 1. The van der Waals surface area contributed by atoms with Gasteiger partial charge in [-0.1, -0.05) is 0 Å². The van der Waals surface area contributed by atoms with Crippen molar-refractivity contribution in [3.63, 3.8) is 0 Å². The Kier molecular flexibility index (Phi) is 6.09. The molecule has 3 heterocycles. The summed E-state index contributed by atoms with van der Waals surface area (Å²) in [4.78, 5) is 16.6. The monoisotopic (exact) mass is 349 g/mol. The molecule has 25 heavy (non-hydrogen) atoms. The summed E-state index contributed by atoms with van der Waals surface area (Å²) in [7, 11) is 1.43. The fourth-order valence-corrected chi connectivity index (χ4v) is 4.00. The van der Waals surface area contributed by atoms with E-state index in [-0.39, 0.29) is 5.97 Å². The second-order valence-electron chi connectivity index (χ2n) is 7.16. The minimum atomic E-state index is -0.187. The third kappa shape index (κ3) is 4.40. The van der Waals surface area contributed by atoms with Crippen molar-refractivity contribution in [3.8, 4) is 0 Å². The van der Waals surface area contributed by atoms with E-state index in [9.17, 15) is 4.79 Å². The lowest BCUT2D eigenvalue weighted by molar-refractivity contribution is -0.140. The Balaban J connectivity index is 1.57. The van der Waals surface area contributed by atoms with Crippen LogP contribution in [0.25, 0.3) is 0 Å². The second-order valence-corrected chi connectivity index (χ2v) is 7.16. The summed E-state index contributed by atoms with van der Waals surface area (Å²) in [6.45, 7) is 12.6. The highest BCUT2D eigenvalue weighted by Crippen LogP contribution is 2.22. The van der Waals surface area contributed by atoms with Crippen molar-refractivity contribution < 1.29 is 9.53 Å². The van der Waals surface area contributed by atoms with Crippen molar-refractivity contribution in [3.05, 3.63) is 17.0 Å². The minimum absolute atomic E-state index is 0.187. The van der Waals surface area contributed by atoms with Gasteiger partial charge < -0.3 is 10.1 Å². The van der Waals surface area contributed by atoms with E-state index in [1.54, 1.807) is 0 Å². The number of nitrogens with zero attached hydrogens (tertiary/aromatic N) is 4. The van der Waals surface area contributed by atoms with Crippen LogP contribution in [0.2, 0.25) is 0 Å². The Bertz CT molecular complexity index is 595. The highest BCUT2D eigenvalue weighted by molar-refractivity contribution is 5.68. The van der Waals surface area contributed by atoms with Gasteiger partial charge in [0.25, 0.3) is 0 Å². The number of rotatable bonds is 6. The molecule has 7 heteroatoms. The molecule has 1 N–H and O–H groups in total. The van der Waals surface area contributed by atoms with E-state index in [1.807, 2.05) is 4.68 Å². The molecule has 2 aliphatic rings. The minimum Gasteiger partial charge on any atom is -0.469 e. The number of hydrogen-bond donors (Lipinski definition) is 1. The van der Waals surface area contributed by atoms with Gasteiger partial charge in [0.15, 0.2) is 0 Å². The van der Waals surface area contributed by atoms with Gasteiger partial charge in [0, 0.05) is 63.1 Å². The average Bonchev–Trinajstić information content (AvgIpc) is 3.21. The molecular weight excluding hydrogens is 318 g/mol. The molecule has 0 saturated carbocycles. The molecule has 0 spiro atoms. The first-order valence-electron chi connectivity index (χ1n) is 9.35. The Labute approximate surface area is 150 Å². The number of nitrogens with one attached hydrogen (secondary N) is 1. The van der Waals surface area contributed by atoms with E-state index in [4.69, 9.17) is 4.74 Å². The standard InChI is InChI=1S/C18H31N5O2/c1-14-17(15(2)23(20-14)9-5-18(24)25-3)13-21-8-4-16(12-21)22-10-6-19-7-11-22/h16,19H,4-13H2,1-3H3. The molecule has 140 valence electrons. The normalized spacial score (nSPS) is 22.4. The van der Waals surface area contributed by atoms with E-state index in [0.717, 1.165) is 38.4 Å². The quantitative estimate of drug-likeness (QED) is 0.757. The van der Waals surface area contributed by atoms with E-state index in [1.165, 1.54) is 37.9 Å². The molecule has 2 aliphatic heterocycles. The van der Waals surface area contributed by atoms with Gasteiger partial charge >= 0.3 is 5.97 Å². The van der Waals surface area contributed by atoms with Crippen molar-refractivity contribution in [2.45, 2.75) is 45.8 Å². The topological polar surface area (TPSA) is 62.6 Å². The zero-order chi connectivity index (χ0) is 17.8. The predicted octanol–water partition coefficient (Wildman–Crippen LogP) is 0.543. The van der Waals surface area contributed by atoms with E-state index in [2.05, 4.69) is 34.1 Å². The van der Waals surface area contributed by atoms with E-state index in [0.29, 0.717) is 19.0 Å². The average molecular weight is 349 g/mol. The molecule has 1 aromatic heterocycles. The number of carbonyl (C=O) groups is 1. The van der Waals surface area contributed by atoms with Crippen molar-refractivity contribution in [1.29, 1.82) is 0 Å². The van der Waals surface area contributed by atoms with Crippen molar-refractivity contribution in [2.75, 3.05) is 46.4 Å². The summed E-state index contributed by atoms with van der Waals surface area (Å²) in [6.07, 6.45) is 1.63. The van der Waals surface area contributed by atoms with Gasteiger partial charge in [0.05, 0.1) is 25.8 Å². The zero-order valence-electron chi connectivity index (χ0n) is 15.8. The number of likely N-dealkylation sites (tertiary alicyclic amines) is 1. The maximum atomic E-state index is 11.4. The molecule has 1 unspecified atom stereocenters. The van der Waals surface area contributed by atoms with Gasteiger partial charge in [0.2, 0.25) is 0 Å². The fraction of sp³-hybridized carbons (Fsp3) is 0.778. The Morgan fingerprint density at radius 3 is 2.76 bits per heavy atom. The van der Waals surface area contributed by atoms with Crippen LogP contribution in [0.1, 0.15) is 29.8 Å². The number of aryl methyl sites for hydroxylation is 2. The third-order valence-electron chi connectivity index (χ3n) is 5.58. The van der Waals surface area contributed by atoms with Crippen LogP contribution in [0.5, 0.6) is 0 Å². The second kappa shape index (κ2) is 8.29. The number of hydrogen-bond acceptors (Lipinski definition) is 6. The first kappa shape index (κ1) is 18.4. The van der Waals surface area contributed by atoms with E-state index < -0.39 is 0 Å². The summed E-state index contributed by atoms with van der Waals surface area (Å²) in [5.41, 5.74) is 3.56. The van der Waals surface area contributed by atoms with Gasteiger partial charge in [-0.3, -0.25) is 19.3 Å². The highest BCUT2D eigenvalue weighted by atomic mass is 16.5. The maximum Gasteiger partial charge on any atom is 0.307 e. The third-order valence-corrected chi connectivity index (χ3v) is 5.58. The van der Waals surface area contributed by atoms with Crippen molar-refractivity contribution in [1.82, 2.24) is 24.9 Å². The number of esters is 1. The zero-order valence-corrected chi connectivity index (χ0v) is 15.8. The molecule has 2 fully saturated rings. The van der Waals surface area contributed by atoms with Crippen LogP contribution in [-0.2, 0) is 22.6 Å². The molecule has 0 amide bonds. The van der Waals surface area contributed by atoms with Gasteiger partial charge in [0.1, 0.15) is 0 Å². The van der Waals surface area contributed by atoms with Crippen LogP contribution in [0.4, 0.5) is 0 Å². The van der Waals surface area contributed by atoms with Gasteiger partial charge in [-0.05, 0) is 20.3 Å². The number of carbonyl (C=O) groups excluding carboxylic acids is 1. The molecule has 0 aromatic carbocycles. The fourth-order valence-electron chi connectivity index (χ4n) is 4.00. The Morgan fingerprint density at radius 1 is 1.28 bits per heavy atom. The molecule has 0 bridgehead atoms. The van der Waals surface area contributed by atoms with Crippen LogP contribution in [-0.4, -0.2) is 78.0 Å². The molecule has 0 aliphatic carbocycles. The molecule has 3 rings (SSSR count). The number of aromatic nitrogens is 2. The van der Waals surface area contributed by atoms with Crippen molar-refractivity contribution >= 4 is 5.97 Å². The lowest BCUT2D eigenvalue weighted by atomic mass is 10.2. The summed E-state index contributed by atoms with van der Waals surface area (Å²) >= 11 is 0. The largest absolute Gasteiger partial charge is 0.469 e. The van der Waals surface area contributed by atoms with Crippen molar-refractivity contribution in [2.24, 2.45) is 0 Å². The highest BCUT2D eigenvalue weighted by Gasteiger charge is 2.29.